The Kier molecular flexibility index (Phi) is 6.20. The number of amides is 2. The van der Waals surface area contributed by atoms with Gasteiger partial charge in [-0.2, -0.15) is 13.2 Å². The minimum atomic E-state index is -5.02. The van der Waals surface area contributed by atoms with Crippen molar-refractivity contribution in [3.05, 3.63) is 48.0 Å². The highest BCUT2D eigenvalue weighted by atomic mass is 19.4. The molecule has 0 aliphatic carbocycles. The van der Waals surface area contributed by atoms with E-state index in [-0.39, 0.29) is 12.8 Å². The van der Waals surface area contributed by atoms with Gasteiger partial charge in [0.2, 0.25) is 5.91 Å². The highest BCUT2D eigenvalue weighted by Gasteiger charge is 2.40. The average molecular weight is 368 g/mol. The third kappa shape index (κ3) is 4.95. The summed E-state index contributed by atoms with van der Waals surface area (Å²) < 4.78 is 37.9. The number of nitrogens with zero attached hydrogens (tertiary/aromatic N) is 1. The maximum atomic E-state index is 12.6. The number of hydroxylamine groups is 2. The van der Waals surface area contributed by atoms with Gasteiger partial charge in [-0.1, -0.05) is 42.5 Å². The standard InChI is InChI=1S/C18H19F3N2O3/c1-23(26-2)16(24)11-14(22-17(25)18(19,20)21)10-13-8-5-7-12-6-3-4-9-15(12)13/h3-9,14H,10-11H2,1-2H3,(H,22,25)/t14-/m1/s1. The summed E-state index contributed by atoms with van der Waals surface area (Å²) in [4.78, 5) is 28.1. The molecule has 0 aromatic heterocycles. The first-order valence-corrected chi connectivity index (χ1v) is 7.87. The van der Waals surface area contributed by atoms with E-state index in [1.807, 2.05) is 35.6 Å². The summed E-state index contributed by atoms with van der Waals surface area (Å²) in [5, 5.41) is 4.60. The molecule has 2 amide bonds. The van der Waals surface area contributed by atoms with Crippen molar-refractivity contribution < 1.29 is 27.6 Å². The zero-order valence-corrected chi connectivity index (χ0v) is 14.3. The van der Waals surface area contributed by atoms with Crippen LogP contribution in [0.25, 0.3) is 10.8 Å². The van der Waals surface area contributed by atoms with Crippen LogP contribution in [0.5, 0.6) is 0 Å². The summed E-state index contributed by atoms with van der Waals surface area (Å²) >= 11 is 0. The molecular weight excluding hydrogens is 349 g/mol. The van der Waals surface area contributed by atoms with Crippen LogP contribution in [0, 0.1) is 0 Å². The number of halogens is 3. The first kappa shape index (κ1) is 19.7. The van der Waals surface area contributed by atoms with Crippen LogP contribution in [0.15, 0.2) is 42.5 Å². The third-order valence-electron chi connectivity index (χ3n) is 3.99. The van der Waals surface area contributed by atoms with Crippen molar-refractivity contribution in [3.8, 4) is 0 Å². The van der Waals surface area contributed by atoms with Crippen molar-refractivity contribution in [1.29, 1.82) is 0 Å². The number of fused-ring (bicyclic) bond motifs is 1. The highest BCUT2D eigenvalue weighted by molar-refractivity contribution is 5.86. The van der Waals surface area contributed by atoms with Crippen molar-refractivity contribution in [2.24, 2.45) is 0 Å². The predicted molar refractivity (Wildman–Crippen MR) is 90.0 cm³/mol. The predicted octanol–water partition coefficient (Wildman–Crippen LogP) is 2.84. The normalized spacial score (nSPS) is 12.7. The van der Waals surface area contributed by atoms with Gasteiger partial charge in [-0.25, -0.2) is 5.06 Å². The molecule has 5 nitrogen and oxygen atoms in total. The lowest BCUT2D eigenvalue weighted by Gasteiger charge is -2.22. The van der Waals surface area contributed by atoms with Gasteiger partial charge in [0.05, 0.1) is 7.11 Å². The van der Waals surface area contributed by atoms with Crippen molar-refractivity contribution >= 4 is 22.6 Å². The Morgan fingerprint density at radius 2 is 1.81 bits per heavy atom. The fourth-order valence-corrected chi connectivity index (χ4v) is 2.62. The van der Waals surface area contributed by atoms with Crippen LogP contribution in [0.2, 0.25) is 0 Å². The highest BCUT2D eigenvalue weighted by Crippen LogP contribution is 2.22. The average Bonchev–Trinajstić information content (AvgIpc) is 2.60. The van der Waals surface area contributed by atoms with E-state index < -0.39 is 24.0 Å². The van der Waals surface area contributed by atoms with E-state index in [4.69, 9.17) is 4.84 Å². The molecule has 2 rings (SSSR count). The molecule has 1 atom stereocenters. The monoisotopic (exact) mass is 368 g/mol. The van der Waals surface area contributed by atoms with Crippen molar-refractivity contribution in [2.75, 3.05) is 14.2 Å². The second-order valence-corrected chi connectivity index (χ2v) is 5.79. The molecule has 140 valence electrons. The fraction of sp³-hybridized carbons (Fsp3) is 0.333. The Balaban J connectivity index is 2.27. The summed E-state index contributed by atoms with van der Waals surface area (Å²) in [7, 11) is 2.62. The van der Waals surface area contributed by atoms with Crippen LogP contribution in [0.3, 0.4) is 0 Å². The van der Waals surface area contributed by atoms with E-state index in [2.05, 4.69) is 0 Å². The zero-order valence-electron chi connectivity index (χ0n) is 14.3. The lowest BCUT2D eigenvalue weighted by atomic mass is 9.97. The van der Waals surface area contributed by atoms with Crippen molar-refractivity contribution in [2.45, 2.75) is 25.1 Å². The Labute approximate surface area is 148 Å². The lowest BCUT2D eigenvalue weighted by Crippen LogP contribution is -2.46. The quantitative estimate of drug-likeness (QED) is 0.798. The number of carbonyl (C=O) groups is 2. The minimum absolute atomic E-state index is 0.0759. The van der Waals surface area contributed by atoms with Crippen LogP contribution < -0.4 is 5.32 Å². The molecule has 2 aromatic rings. The maximum absolute atomic E-state index is 12.6. The number of rotatable bonds is 6. The molecule has 0 bridgehead atoms. The van der Waals surface area contributed by atoms with Gasteiger partial charge in [-0.3, -0.25) is 14.4 Å². The summed E-state index contributed by atoms with van der Waals surface area (Å²) in [6.07, 6.45) is -5.27. The van der Waals surface area contributed by atoms with E-state index in [1.165, 1.54) is 14.2 Å². The van der Waals surface area contributed by atoms with Crippen LogP contribution in [-0.4, -0.2) is 43.3 Å². The molecule has 0 unspecified atom stereocenters. The Hall–Kier alpha value is -2.61. The second-order valence-electron chi connectivity index (χ2n) is 5.79. The Morgan fingerprint density at radius 1 is 1.15 bits per heavy atom. The molecular formula is C18H19F3N2O3. The maximum Gasteiger partial charge on any atom is 0.471 e. The molecule has 0 radical (unpaired) electrons. The van der Waals surface area contributed by atoms with Gasteiger partial charge in [0.25, 0.3) is 0 Å². The summed E-state index contributed by atoms with van der Waals surface area (Å²) in [5.74, 6) is -2.61. The van der Waals surface area contributed by atoms with Crippen molar-refractivity contribution in [3.63, 3.8) is 0 Å². The molecule has 0 fully saturated rings. The number of hydrogen-bond acceptors (Lipinski definition) is 3. The van der Waals surface area contributed by atoms with E-state index in [0.717, 1.165) is 21.4 Å². The van der Waals surface area contributed by atoms with E-state index in [1.54, 1.807) is 12.1 Å². The molecule has 0 heterocycles. The SMILES string of the molecule is CON(C)C(=O)C[C@@H](Cc1cccc2ccccc12)NC(=O)C(F)(F)F. The molecule has 0 spiro atoms. The molecule has 0 aliphatic rings. The molecule has 8 heteroatoms. The number of alkyl halides is 3. The molecule has 0 saturated heterocycles. The first-order chi connectivity index (χ1) is 12.2. The van der Waals surface area contributed by atoms with Crippen LogP contribution in [0.1, 0.15) is 12.0 Å². The summed E-state index contributed by atoms with van der Waals surface area (Å²) in [6, 6.07) is 11.8. The molecule has 0 aliphatic heterocycles. The lowest BCUT2D eigenvalue weighted by molar-refractivity contribution is -0.176. The Bertz CT molecular complexity index is 787. The zero-order chi connectivity index (χ0) is 19.3. The summed E-state index contributed by atoms with van der Waals surface area (Å²) in [5.41, 5.74) is 0.739. The Morgan fingerprint density at radius 3 is 2.46 bits per heavy atom. The molecule has 0 saturated carbocycles. The number of carbonyl (C=O) groups excluding carboxylic acids is 2. The van der Waals surface area contributed by atoms with E-state index in [9.17, 15) is 22.8 Å². The smallest absolute Gasteiger partial charge is 0.345 e. The minimum Gasteiger partial charge on any atom is -0.345 e. The van der Waals surface area contributed by atoms with Gasteiger partial charge < -0.3 is 5.32 Å². The van der Waals surface area contributed by atoms with Crippen molar-refractivity contribution in [1.82, 2.24) is 10.4 Å². The van der Waals surface area contributed by atoms with Crippen LogP contribution in [-0.2, 0) is 20.8 Å². The van der Waals surface area contributed by atoms with E-state index in [0.29, 0.717) is 0 Å². The van der Waals surface area contributed by atoms with Crippen LogP contribution >= 0.6 is 0 Å². The largest absolute Gasteiger partial charge is 0.471 e. The van der Waals surface area contributed by atoms with Gasteiger partial charge in [0.1, 0.15) is 0 Å². The topological polar surface area (TPSA) is 58.6 Å². The van der Waals surface area contributed by atoms with Gasteiger partial charge in [0.15, 0.2) is 0 Å². The van der Waals surface area contributed by atoms with Gasteiger partial charge in [0, 0.05) is 19.5 Å². The molecule has 26 heavy (non-hydrogen) atoms. The van der Waals surface area contributed by atoms with Gasteiger partial charge in [-0.15, -0.1) is 0 Å². The number of hydrogen-bond donors (Lipinski definition) is 1. The van der Waals surface area contributed by atoms with Gasteiger partial charge >= 0.3 is 12.1 Å². The van der Waals surface area contributed by atoms with Crippen LogP contribution in [0.4, 0.5) is 13.2 Å². The second kappa shape index (κ2) is 8.18. The first-order valence-electron chi connectivity index (χ1n) is 7.87. The third-order valence-corrected chi connectivity index (χ3v) is 3.99. The van der Waals surface area contributed by atoms with E-state index >= 15 is 0 Å². The molecule has 1 N–H and O–H groups in total. The fourth-order valence-electron chi connectivity index (χ4n) is 2.62. The summed E-state index contributed by atoms with van der Waals surface area (Å²) in [6.45, 7) is 0. The molecule has 2 aromatic carbocycles. The van der Waals surface area contributed by atoms with Gasteiger partial charge in [-0.05, 0) is 22.8 Å². The number of benzene rings is 2. The number of nitrogens with one attached hydrogen (secondary N) is 1.